The topological polar surface area (TPSA) is 28.2 Å². The van der Waals surface area contributed by atoms with E-state index >= 15 is 0 Å². The number of nitrogens with zero attached hydrogens (tertiary/aromatic N) is 2. The van der Waals surface area contributed by atoms with Gasteiger partial charge in [-0.15, -0.1) is 0 Å². The molecule has 2 fully saturated rings. The summed E-state index contributed by atoms with van der Waals surface area (Å²) in [5.41, 5.74) is 1.22. The molecule has 1 aromatic rings. The largest absolute Gasteiger partial charge is 0.314 e. The summed E-state index contributed by atoms with van der Waals surface area (Å²) in [6, 6.07) is 5.54. The summed E-state index contributed by atoms with van der Waals surface area (Å²) in [5, 5.41) is 3.69. The van der Waals surface area contributed by atoms with Crippen molar-refractivity contribution in [2.24, 2.45) is 5.92 Å². The number of hydrogen-bond donors (Lipinski definition) is 1. The summed E-state index contributed by atoms with van der Waals surface area (Å²) in [4.78, 5) is 7.10. The third-order valence-corrected chi connectivity index (χ3v) is 4.78. The first-order valence-corrected chi connectivity index (χ1v) is 8.08. The van der Waals surface area contributed by atoms with Crippen molar-refractivity contribution in [1.29, 1.82) is 0 Å². The summed E-state index contributed by atoms with van der Waals surface area (Å²) >= 11 is 3.47. The maximum atomic E-state index is 4.63. The molecule has 0 bridgehead atoms. The van der Waals surface area contributed by atoms with Gasteiger partial charge in [0.15, 0.2) is 0 Å². The Balaban J connectivity index is 1.73. The highest BCUT2D eigenvalue weighted by molar-refractivity contribution is 9.10. The van der Waals surface area contributed by atoms with Gasteiger partial charge in [-0.25, -0.2) is 0 Å². The number of piperidine rings is 1. The molecule has 1 N–H and O–H groups in total. The monoisotopic (exact) mass is 323 g/mol. The summed E-state index contributed by atoms with van der Waals surface area (Å²) in [7, 11) is 2.23. The van der Waals surface area contributed by atoms with Crippen LogP contribution in [0.1, 0.15) is 37.4 Å². The molecule has 2 atom stereocenters. The number of nitrogens with one attached hydrogen (secondary N) is 1. The average molecular weight is 324 g/mol. The van der Waals surface area contributed by atoms with Crippen molar-refractivity contribution >= 4 is 15.9 Å². The average Bonchev–Trinajstić information content (AvgIpc) is 3.22. The smallest absolute Gasteiger partial charge is 0.0579 e. The Hall–Kier alpha value is -0.450. The molecule has 3 nitrogen and oxygen atoms in total. The Labute approximate surface area is 123 Å². The van der Waals surface area contributed by atoms with Gasteiger partial charge < -0.3 is 5.32 Å². The summed E-state index contributed by atoms with van der Waals surface area (Å²) < 4.78 is 1.06. The molecule has 2 heterocycles. The number of aromatic nitrogens is 1. The van der Waals surface area contributed by atoms with Crippen LogP contribution in [0.4, 0.5) is 0 Å². The van der Waals surface area contributed by atoms with E-state index in [2.05, 4.69) is 50.3 Å². The quantitative estimate of drug-likeness (QED) is 0.923. The maximum Gasteiger partial charge on any atom is 0.0579 e. The highest BCUT2D eigenvalue weighted by atomic mass is 79.9. The molecule has 1 saturated carbocycles. The lowest BCUT2D eigenvalue weighted by Gasteiger charge is -2.39. The Bertz CT molecular complexity index is 416. The molecule has 1 aliphatic heterocycles. The number of hydrogen-bond acceptors (Lipinski definition) is 3. The molecule has 2 unspecified atom stereocenters. The van der Waals surface area contributed by atoms with E-state index in [4.69, 9.17) is 0 Å². The first-order chi connectivity index (χ1) is 9.24. The predicted octanol–water partition coefficient (Wildman–Crippen LogP) is 2.98. The highest BCUT2D eigenvalue weighted by Gasteiger charge is 2.32. The standard InChI is InChI=1S/C15H22BrN3/c1-19-8-2-3-11(9-17-13-5-6-13)15(19)14-7-4-12(16)10-18-14/h4,7,10-11,13,15,17H,2-3,5-6,8-9H2,1H3. The van der Waals surface area contributed by atoms with E-state index in [9.17, 15) is 0 Å². The van der Waals surface area contributed by atoms with Gasteiger partial charge in [0.1, 0.15) is 0 Å². The van der Waals surface area contributed by atoms with Crippen molar-refractivity contribution in [1.82, 2.24) is 15.2 Å². The molecule has 0 aromatic carbocycles. The molecule has 19 heavy (non-hydrogen) atoms. The van der Waals surface area contributed by atoms with Crippen molar-refractivity contribution in [3.8, 4) is 0 Å². The maximum absolute atomic E-state index is 4.63. The van der Waals surface area contributed by atoms with Crippen molar-refractivity contribution < 1.29 is 0 Å². The van der Waals surface area contributed by atoms with Gasteiger partial charge in [0.25, 0.3) is 0 Å². The Morgan fingerprint density at radius 2 is 2.21 bits per heavy atom. The fourth-order valence-electron chi connectivity index (χ4n) is 3.11. The fraction of sp³-hybridized carbons (Fsp3) is 0.667. The minimum atomic E-state index is 0.466. The van der Waals surface area contributed by atoms with E-state index < -0.39 is 0 Å². The lowest BCUT2D eigenvalue weighted by atomic mass is 9.87. The van der Waals surface area contributed by atoms with Gasteiger partial charge in [0, 0.05) is 23.3 Å². The molecule has 0 amide bonds. The third-order valence-electron chi connectivity index (χ3n) is 4.31. The van der Waals surface area contributed by atoms with Crippen molar-refractivity contribution in [2.75, 3.05) is 20.1 Å². The molecule has 4 heteroatoms. The van der Waals surface area contributed by atoms with E-state index in [1.165, 1.54) is 37.9 Å². The predicted molar refractivity (Wildman–Crippen MR) is 81.1 cm³/mol. The van der Waals surface area contributed by atoms with Crippen LogP contribution in [0.15, 0.2) is 22.8 Å². The van der Waals surface area contributed by atoms with Gasteiger partial charge in [-0.1, -0.05) is 0 Å². The number of rotatable bonds is 4. The summed E-state index contributed by atoms with van der Waals surface area (Å²) in [6.07, 6.45) is 7.27. The molecule has 0 radical (unpaired) electrons. The van der Waals surface area contributed by atoms with Gasteiger partial charge >= 0.3 is 0 Å². The van der Waals surface area contributed by atoms with Gasteiger partial charge in [-0.3, -0.25) is 9.88 Å². The first kappa shape index (κ1) is 13.5. The van der Waals surface area contributed by atoms with Gasteiger partial charge in [0.05, 0.1) is 11.7 Å². The minimum absolute atomic E-state index is 0.466. The van der Waals surface area contributed by atoms with E-state index in [1.807, 2.05) is 6.20 Å². The zero-order valence-corrected chi connectivity index (χ0v) is 13.1. The fourth-order valence-corrected chi connectivity index (χ4v) is 3.34. The highest BCUT2D eigenvalue weighted by Crippen LogP contribution is 2.34. The second-order valence-electron chi connectivity index (χ2n) is 5.91. The van der Waals surface area contributed by atoms with E-state index in [0.717, 1.165) is 17.1 Å². The lowest BCUT2D eigenvalue weighted by Crippen LogP contribution is -2.41. The van der Waals surface area contributed by atoms with Crippen LogP contribution in [0.5, 0.6) is 0 Å². The Kier molecular flexibility index (Phi) is 4.20. The first-order valence-electron chi connectivity index (χ1n) is 7.29. The third kappa shape index (κ3) is 3.36. The van der Waals surface area contributed by atoms with Gasteiger partial charge in [-0.05, 0) is 73.3 Å². The van der Waals surface area contributed by atoms with Gasteiger partial charge in [0.2, 0.25) is 0 Å². The number of pyridine rings is 1. The Morgan fingerprint density at radius 1 is 1.37 bits per heavy atom. The second-order valence-corrected chi connectivity index (χ2v) is 6.83. The molecule has 104 valence electrons. The Morgan fingerprint density at radius 3 is 2.89 bits per heavy atom. The van der Waals surface area contributed by atoms with E-state index in [0.29, 0.717) is 12.0 Å². The van der Waals surface area contributed by atoms with Crippen LogP contribution in [-0.4, -0.2) is 36.1 Å². The SMILES string of the molecule is CN1CCCC(CNC2CC2)C1c1ccc(Br)cn1. The van der Waals surface area contributed by atoms with Crippen molar-refractivity contribution in [2.45, 2.75) is 37.8 Å². The summed E-state index contributed by atoms with van der Waals surface area (Å²) in [6.45, 7) is 2.32. The molecular weight excluding hydrogens is 302 g/mol. The number of likely N-dealkylation sites (tertiary alicyclic amines) is 1. The van der Waals surface area contributed by atoms with E-state index in [1.54, 1.807) is 0 Å². The molecule has 3 rings (SSSR count). The van der Waals surface area contributed by atoms with Crippen LogP contribution in [0.25, 0.3) is 0 Å². The van der Waals surface area contributed by atoms with Crippen LogP contribution in [0.2, 0.25) is 0 Å². The van der Waals surface area contributed by atoms with Crippen LogP contribution in [0, 0.1) is 5.92 Å². The molecular formula is C15H22BrN3. The molecule has 2 aliphatic rings. The molecule has 0 spiro atoms. The molecule has 1 saturated heterocycles. The van der Waals surface area contributed by atoms with Crippen molar-refractivity contribution in [3.05, 3.63) is 28.5 Å². The molecule has 1 aliphatic carbocycles. The second kappa shape index (κ2) is 5.90. The van der Waals surface area contributed by atoms with Crippen LogP contribution in [-0.2, 0) is 0 Å². The molecule has 1 aromatic heterocycles. The van der Waals surface area contributed by atoms with Crippen LogP contribution < -0.4 is 5.32 Å². The number of halogens is 1. The lowest BCUT2D eigenvalue weighted by molar-refractivity contribution is 0.116. The normalized spacial score (nSPS) is 28.5. The summed E-state index contributed by atoms with van der Waals surface area (Å²) in [5.74, 6) is 0.688. The van der Waals surface area contributed by atoms with Crippen molar-refractivity contribution in [3.63, 3.8) is 0 Å². The van der Waals surface area contributed by atoms with Crippen LogP contribution >= 0.6 is 15.9 Å². The zero-order valence-electron chi connectivity index (χ0n) is 11.5. The van der Waals surface area contributed by atoms with Crippen LogP contribution in [0.3, 0.4) is 0 Å². The van der Waals surface area contributed by atoms with E-state index in [-0.39, 0.29) is 0 Å². The zero-order chi connectivity index (χ0) is 13.2. The minimum Gasteiger partial charge on any atom is -0.314 e. The van der Waals surface area contributed by atoms with Gasteiger partial charge in [-0.2, -0.15) is 0 Å².